The minimum absolute atomic E-state index is 0. The zero-order chi connectivity index (χ0) is 13.2. The highest BCUT2D eigenvalue weighted by Crippen LogP contribution is 2.18. The first kappa shape index (κ1) is 15.5. The molecule has 0 aliphatic heterocycles. The van der Waals surface area contributed by atoms with Gasteiger partial charge in [-0.25, -0.2) is 18.4 Å². The molecule has 104 valence electrons. The molecule has 8 heteroatoms. The number of nitrogens with zero attached hydrogens (tertiary/aromatic N) is 2. The molecule has 0 atom stereocenters. The van der Waals surface area contributed by atoms with Gasteiger partial charge >= 0.3 is 0 Å². The monoisotopic (exact) mass is 302 g/mol. The summed E-state index contributed by atoms with van der Waals surface area (Å²) in [5.74, 6) is 0.297. The predicted molar refractivity (Wildman–Crippen MR) is 78.9 cm³/mol. The second kappa shape index (κ2) is 6.03. The van der Waals surface area contributed by atoms with Crippen molar-refractivity contribution in [3.05, 3.63) is 24.4 Å². The van der Waals surface area contributed by atoms with Crippen LogP contribution in [0.2, 0.25) is 0 Å². The van der Waals surface area contributed by atoms with Crippen LogP contribution in [0.3, 0.4) is 0 Å². The molecule has 3 N–H and O–H groups in total. The Balaban J connectivity index is 0.00000180. The molecule has 6 nitrogen and oxygen atoms in total. The summed E-state index contributed by atoms with van der Waals surface area (Å²) in [6.07, 6.45) is 2.14. The number of anilines is 2. The lowest BCUT2D eigenvalue weighted by molar-refractivity contribution is 0.600. The van der Waals surface area contributed by atoms with E-state index in [1.807, 2.05) is 6.92 Å². The molecule has 0 saturated carbocycles. The van der Waals surface area contributed by atoms with Gasteiger partial charge in [0.15, 0.2) is 0 Å². The number of hydrogen-bond acceptors (Lipinski definition) is 5. The zero-order valence-electron chi connectivity index (χ0n) is 10.3. The molecule has 1 aromatic heterocycles. The van der Waals surface area contributed by atoms with Crippen LogP contribution in [-0.2, 0) is 10.0 Å². The van der Waals surface area contributed by atoms with Gasteiger partial charge < -0.3 is 5.73 Å². The van der Waals surface area contributed by atoms with Crippen LogP contribution in [0.15, 0.2) is 24.4 Å². The van der Waals surface area contributed by atoms with Crippen LogP contribution < -0.4 is 10.5 Å². The van der Waals surface area contributed by atoms with Gasteiger partial charge in [0.25, 0.3) is 0 Å². The van der Waals surface area contributed by atoms with Crippen LogP contribution >= 0.6 is 12.4 Å². The number of sulfonamides is 1. The van der Waals surface area contributed by atoms with Gasteiger partial charge in [-0.2, -0.15) is 0 Å². The second-order valence-corrected chi connectivity index (χ2v) is 5.76. The molecule has 0 radical (unpaired) electrons. The van der Waals surface area contributed by atoms with Gasteiger partial charge in [0.05, 0.1) is 11.3 Å². The van der Waals surface area contributed by atoms with Crippen LogP contribution in [0.25, 0.3) is 10.9 Å². The summed E-state index contributed by atoms with van der Waals surface area (Å²) in [5.41, 5.74) is 6.65. The van der Waals surface area contributed by atoms with E-state index in [2.05, 4.69) is 14.7 Å². The van der Waals surface area contributed by atoms with E-state index in [9.17, 15) is 8.42 Å². The maximum atomic E-state index is 11.6. The molecule has 0 saturated heterocycles. The Morgan fingerprint density at radius 2 is 2.11 bits per heavy atom. The van der Waals surface area contributed by atoms with Crippen molar-refractivity contribution < 1.29 is 8.42 Å². The number of nitrogen functional groups attached to an aromatic ring is 1. The van der Waals surface area contributed by atoms with Crippen molar-refractivity contribution in [1.29, 1.82) is 0 Å². The van der Waals surface area contributed by atoms with Crippen molar-refractivity contribution in [3.63, 3.8) is 0 Å². The third-order valence-corrected chi connectivity index (χ3v) is 3.84. The molecule has 0 fully saturated rings. The molecule has 2 aromatic rings. The standard InChI is InChI=1S/C11H14N4O2S.ClH/c1-2-5-18(16,17)15-9-3-4-10-8(6-9)7-13-11(12)14-10;/h3-4,6-7,15H,2,5H2,1H3,(H2,12,13,14);1H. The van der Waals surface area contributed by atoms with Crippen molar-refractivity contribution >= 4 is 45.0 Å². The number of rotatable bonds is 4. The van der Waals surface area contributed by atoms with E-state index in [1.54, 1.807) is 24.4 Å². The van der Waals surface area contributed by atoms with Crippen LogP contribution in [0.1, 0.15) is 13.3 Å². The second-order valence-electron chi connectivity index (χ2n) is 3.92. The smallest absolute Gasteiger partial charge is 0.232 e. The topological polar surface area (TPSA) is 98.0 Å². The lowest BCUT2D eigenvalue weighted by Crippen LogP contribution is -2.16. The Morgan fingerprint density at radius 3 is 2.79 bits per heavy atom. The van der Waals surface area contributed by atoms with E-state index >= 15 is 0 Å². The fourth-order valence-corrected chi connectivity index (χ4v) is 2.74. The Bertz CT molecular complexity index is 675. The van der Waals surface area contributed by atoms with E-state index in [1.165, 1.54) is 0 Å². The number of fused-ring (bicyclic) bond motifs is 1. The summed E-state index contributed by atoms with van der Waals surface area (Å²) >= 11 is 0. The molecule has 2 rings (SSSR count). The summed E-state index contributed by atoms with van der Waals surface area (Å²) in [4.78, 5) is 7.91. The number of halogens is 1. The summed E-state index contributed by atoms with van der Waals surface area (Å²) < 4.78 is 25.8. The molecular weight excluding hydrogens is 288 g/mol. The predicted octanol–water partition coefficient (Wildman–Crippen LogP) is 1.79. The van der Waals surface area contributed by atoms with Crippen molar-refractivity contribution in [3.8, 4) is 0 Å². The molecule has 0 unspecified atom stereocenters. The number of nitrogens with two attached hydrogens (primary N) is 1. The van der Waals surface area contributed by atoms with Crippen molar-refractivity contribution in [2.45, 2.75) is 13.3 Å². The first-order valence-corrected chi connectivity index (χ1v) is 7.18. The van der Waals surface area contributed by atoms with E-state index < -0.39 is 10.0 Å². The quantitative estimate of drug-likeness (QED) is 0.897. The molecule has 0 spiro atoms. The summed E-state index contributed by atoms with van der Waals surface area (Å²) in [5, 5.41) is 0.737. The minimum atomic E-state index is -3.28. The van der Waals surface area contributed by atoms with E-state index in [0.29, 0.717) is 17.6 Å². The minimum Gasteiger partial charge on any atom is -0.368 e. The van der Waals surface area contributed by atoms with Crippen molar-refractivity contribution in [2.75, 3.05) is 16.2 Å². The molecule has 1 aromatic carbocycles. The first-order valence-electron chi connectivity index (χ1n) is 5.53. The van der Waals surface area contributed by atoms with Gasteiger partial charge in [-0.1, -0.05) is 6.92 Å². The molecule has 0 amide bonds. The summed E-state index contributed by atoms with van der Waals surface area (Å²) in [6.45, 7) is 1.82. The number of aromatic nitrogens is 2. The van der Waals surface area contributed by atoms with E-state index in [4.69, 9.17) is 5.73 Å². The third-order valence-electron chi connectivity index (χ3n) is 2.34. The van der Waals surface area contributed by atoms with Crippen LogP contribution in [-0.4, -0.2) is 24.1 Å². The number of hydrogen-bond donors (Lipinski definition) is 2. The van der Waals surface area contributed by atoms with Crippen LogP contribution in [0.4, 0.5) is 11.6 Å². The van der Waals surface area contributed by atoms with Gasteiger partial charge in [0, 0.05) is 17.3 Å². The molecule has 1 heterocycles. The lowest BCUT2D eigenvalue weighted by atomic mass is 10.2. The Labute approximate surface area is 117 Å². The maximum Gasteiger partial charge on any atom is 0.232 e. The van der Waals surface area contributed by atoms with Gasteiger partial charge in [0.2, 0.25) is 16.0 Å². The molecule has 19 heavy (non-hydrogen) atoms. The van der Waals surface area contributed by atoms with Crippen molar-refractivity contribution in [1.82, 2.24) is 9.97 Å². The fourth-order valence-electron chi connectivity index (χ4n) is 1.61. The number of nitrogens with one attached hydrogen (secondary N) is 1. The highest BCUT2D eigenvalue weighted by molar-refractivity contribution is 7.92. The SMILES string of the molecule is CCCS(=O)(=O)Nc1ccc2nc(N)ncc2c1.Cl. The van der Waals surface area contributed by atoms with E-state index in [0.717, 1.165) is 5.39 Å². The molecular formula is C11H15ClN4O2S. The highest BCUT2D eigenvalue weighted by Gasteiger charge is 2.09. The van der Waals surface area contributed by atoms with Gasteiger partial charge in [0.1, 0.15) is 0 Å². The fraction of sp³-hybridized carbons (Fsp3) is 0.273. The Kier molecular flexibility index (Phi) is 4.90. The molecule has 0 aliphatic rings. The Morgan fingerprint density at radius 1 is 1.37 bits per heavy atom. The zero-order valence-corrected chi connectivity index (χ0v) is 12.0. The Hall–Kier alpha value is -1.60. The maximum absolute atomic E-state index is 11.6. The largest absolute Gasteiger partial charge is 0.368 e. The van der Waals surface area contributed by atoms with E-state index in [-0.39, 0.29) is 24.1 Å². The van der Waals surface area contributed by atoms with Crippen LogP contribution in [0, 0.1) is 0 Å². The van der Waals surface area contributed by atoms with Gasteiger partial charge in [-0.15, -0.1) is 12.4 Å². The molecule has 0 aliphatic carbocycles. The third kappa shape index (κ3) is 3.93. The highest BCUT2D eigenvalue weighted by atomic mass is 35.5. The lowest BCUT2D eigenvalue weighted by Gasteiger charge is -2.07. The summed E-state index contributed by atoms with van der Waals surface area (Å²) in [6, 6.07) is 5.04. The summed E-state index contributed by atoms with van der Waals surface area (Å²) in [7, 11) is -3.28. The normalized spacial score (nSPS) is 11.0. The number of benzene rings is 1. The van der Waals surface area contributed by atoms with Crippen molar-refractivity contribution in [2.24, 2.45) is 0 Å². The molecule has 0 bridgehead atoms. The average Bonchev–Trinajstić information content (AvgIpc) is 2.28. The average molecular weight is 303 g/mol. The first-order chi connectivity index (χ1) is 8.50. The van der Waals surface area contributed by atoms with Gasteiger partial charge in [-0.3, -0.25) is 4.72 Å². The van der Waals surface area contributed by atoms with Gasteiger partial charge in [-0.05, 0) is 24.6 Å². The van der Waals surface area contributed by atoms with Crippen LogP contribution in [0.5, 0.6) is 0 Å².